The van der Waals surface area contributed by atoms with Crippen molar-refractivity contribution in [2.75, 3.05) is 13.1 Å². The molecule has 1 saturated heterocycles. The molecule has 1 aliphatic rings. The molecule has 3 amide bonds. The van der Waals surface area contributed by atoms with Crippen LogP contribution < -0.4 is 16.3 Å². The molecule has 1 aliphatic heterocycles. The normalized spacial score (nSPS) is 18.3. The molecule has 1 aromatic rings. The van der Waals surface area contributed by atoms with Crippen molar-refractivity contribution >= 4 is 17.7 Å². The van der Waals surface area contributed by atoms with Gasteiger partial charge in [0, 0.05) is 51.4 Å². The van der Waals surface area contributed by atoms with Crippen molar-refractivity contribution in [3.63, 3.8) is 0 Å². The Hall–Kier alpha value is -2.58. The van der Waals surface area contributed by atoms with E-state index in [9.17, 15) is 19.2 Å². The quantitative estimate of drug-likeness (QED) is 0.709. The first-order valence-corrected chi connectivity index (χ1v) is 9.53. The van der Waals surface area contributed by atoms with Gasteiger partial charge in [-0.25, -0.2) is 4.79 Å². The Bertz CT molecular complexity index is 817. The van der Waals surface area contributed by atoms with Gasteiger partial charge in [-0.05, 0) is 34.1 Å². The van der Waals surface area contributed by atoms with Crippen molar-refractivity contribution in [3.8, 4) is 0 Å². The molecule has 0 aromatic carbocycles. The first-order valence-electron chi connectivity index (χ1n) is 9.53. The molecule has 156 valence electrons. The van der Waals surface area contributed by atoms with Crippen molar-refractivity contribution in [1.82, 2.24) is 24.7 Å². The molecule has 1 fully saturated rings. The van der Waals surface area contributed by atoms with Crippen molar-refractivity contribution in [2.45, 2.75) is 52.1 Å². The van der Waals surface area contributed by atoms with E-state index in [1.165, 1.54) is 15.3 Å². The van der Waals surface area contributed by atoms with Crippen LogP contribution in [0.2, 0.25) is 0 Å². The van der Waals surface area contributed by atoms with Crippen molar-refractivity contribution in [1.29, 1.82) is 0 Å². The molecule has 1 aromatic heterocycles. The summed E-state index contributed by atoms with van der Waals surface area (Å²) >= 11 is 0. The largest absolute Gasteiger partial charge is 0.353 e. The summed E-state index contributed by atoms with van der Waals surface area (Å²) in [6.45, 7) is 8.53. The summed E-state index contributed by atoms with van der Waals surface area (Å²) in [4.78, 5) is 50.2. The number of aromatic nitrogens is 2. The summed E-state index contributed by atoms with van der Waals surface area (Å²) in [6.07, 6.45) is 2.26. The van der Waals surface area contributed by atoms with Crippen molar-refractivity contribution in [3.05, 3.63) is 22.4 Å². The maximum atomic E-state index is 12.5. The van der Waals surface area contributed by atoms with Crippen LogP contribution in [0.15, 0.2) is 11.0 Å². The fourth-order valence-corrected chi connectivity index (χ4v) is 3.33. The number of hydrogen-bond acceptors (Lipinski definition) is 4. The van der Waals surface area contributed by atoms with Crippen LogP contribution in [0.1, 0.15) is 51.0 Å². The highest BCUT2D eigenvalue weighted by Gasteiger charge is 2.39. The monoisotopic (exact) mass is 393 g/mol. The van der Waals surface area contributed by atoms with Crippen LogP contribution in [0.5, 0.6) is 0 Å². The van der Waals surface area contributed by atoms with E-state index in [1.54, 1.807) is 19.0 Å². The van der Waals surface area contributed by atoms with Gasteiger partial charge < -0.3 is 20.1 Å². The molecule has 0 saturated carbocycles. The number of amides is 3. The number of imidazole rings is 1. The predicted octanol–water partition coefficient (Wildman–Crippen LogP) is -0.00460. The molecule has 0 bridgehead atoms. The van der Waals surface area contributed by atoms with Gasteiger partial charge in [0.2, 0.25) is 11.8 Å². The van der Waals surface area contributed by atoms with Crippen LogP contribution in [-0.2, 0) is 23.7 Å². The molecule has 2 heterocycles. The minimum absolute atomic E-state index is 0.000963. The Kier molecular flexibility index (Phi) is 6.36. The highest BCUT2D eigenvalue weighted by Crippen LogP contribution is 2.25. The highest BCUT2D eigenvalue weighted by atomic mass is 16.2. The molecule has 2 N–H and O–H groups in total. The molecule has 9 heteroatoms. The summed E-state index contributed by atoms with van der Waals surface area (Å²) in [6, 6.07) is -0.147. The van der Waals surface area contributed by atoms with Gasteiger partial charge in [0.25, 0.3) is 5.91 Å². The van der Waals surface area contributed by atoms with Gasteiger partial charge >= 0.3 is 5.69 Å². The van der Waals surface area contributed by atoms with Crippen LogP contribution in [0.4, 0.5) is 0 Å². The third-order valence-electron chi connectivity index (χ3n) is 5.06. The van der Waals surface area contributed by atoms with Crippen molar-refractivity contribution in [2.24, 2.45) is 20.0 Å². The average molecular weight is 393 g/mol. The van der Waals surface area contributed by atoms with Gasteiger partial charge in [0.1, 0.15) is 5.69 Å². The second-order valence-electron chi connectivity index (χ2n) is 8.50. The lowest BCUT2D eigenvalue weighted by Gasteiger charge is -2.32. The Morgan fingerprint density at radius 3 is 2.39 bits per heavy atom. The van der Waals surface area contributed by atoms with E-state index in [1.807, 2.05) is 27.7 Å². The van der Waals surface area contributed by atoms with E-state index in [2.05, 4.69) is 10.6 Å². The standard InChI is InChI=1S/C19H31N5O4/c1-12(7-8-20-17(27)14-11-22(5)18(28)23(14)6)21-16(26)13-9-15(25)24(10-13)19(2,3)4/h11-13H,7-10H2,1-6H3,(H,20,27)(H,21,26)/t12-,13?/m0/s1. The first-order chi connectivity index (χ1) is 12.9. The Morgan fingerprint density at radius 1 is 1.25 bits per heavy atom. The summed E-state index contributed by atoms with van der Waals surface area (Å²) in [5.74, 6) is -0.811. The van der Waals surface area contributed by atoms with Crippen LogP contribution in [0.25, 0.3) is 0 Å². The van der Waals surface area contributed by atoms with Crippen LogP contribution in [-0.4, -0.2) is 56.4 Å². The Balaban J connectivity index is 1.79. The number of rotatable bonds is 6. The molecule has 0 aliphatic carbocycles. The lowest BCUT2D eigenvalue weighted by molar-refractivity contribution is -0.132. The first kappa shape index (κ1) is 21.7. The number of likely N-dealkylation sites (tertiary alicyclic amines) is 1. The van der Waals surface area contributed by atoms with Gasteiger partial charge in [-0.1, -0.05) is 0 Å². The molecule has 9 nitrogen and oxygen atoms in total. The minimum Gasteiger partial charge on any atom is -0.353 e. The van der Waals surface area contributed by atoms with E-state index >= 15 is 0 Å². The van der Waals surface area contributed by atoms with E-state index in [-0.39, 0.29) is 53.0 Å². The summed E-state index contributed by atoms with van der Waals surface area (Å²) in [5, 5.41) is 5.69. The molecule has 0 radical (unpaired) electrons. The van der Waals surface area contributed by atoms with Gasteiger partial charge in [-0.3, -0.25) is 19.0 Å². The molecule has 2 atom stereocenters. The maximum absolute atomic E-state index is 12.5. The number of hydrogen-bond donors (Lipinski definition) is 2. The van der Waals surface area contributed by atoms with E-state index in [4.69, 9.17) is 0 Å². The number of aryl methyl sites for hydroxylation is 1. The molecule has 28 heavy (non-hydrogen) atoms. The topological polar surface area (TPSA) is 105 Å². The fourth-order valence-electron chi connectivity index (χ4n) is 3.33. The Morgan fingerprint density at radius 2 is 1.89 bits per heavy atom. The number of nitrogens with zero attached hydrogens (tertiary/aromatic N) is 3. The molecular formula is C19H31N5O4. The second-order valence-corrected chi connectivity index (χ2v) is 8.50. The van der Waals surface area contributed by atoms with E-state index in [0.29, 0.717) is 19.5 Å². The zero-order valence-corrected chi connectivity index (χ0v) is 17.5. The van der Waals surface area contributed by atoms with E-state index < -0.39 is 0 Å². The van der Waals surface area contributed by atoms with Gasteiger partial charge in [0.05, 0.1) is 5.92 Å². The van der Waals surface area contributed by atoms with E-state index in [0.717, 1.165) is 0 Å². The summed E-state index contributed by atoms with van der Waals surface area (Å²) in [7, 11) is 3.13. The molecule has 1 unspecified atom stereocenters. The lowest BCUT2D eigenvalue weighted by atomic mass is 10.1. The number of carbonyl (C=O) groups is 3. The highest BCUT2D eigenvalue weighted by molar-refractivity contribution is 5.92. The SMILES string of the molecule is C[C@@H](CCNC(=O)c1cn(C)c(=O)n1C)NC(=O)C1CC(=O)N(C(C)(C)C)C1. The third kappa shape index (κ3) is 4.82. The van der Waals surface area contributed by atoms with Gasteiger partial charge in [-0.15, -0.1) is 0 Å². The van der Waals surface area contributed by atoms with Gasteiger partial charge in [-0.2, -0.15) is 0 Å². The molecule has 0 spiro atoms. The van der Waals surface area contributed by atoms with Crippen LogP contribution in [0.3, 0.4) is 0 Å². The molecular weight excluding hydrogens is 362 g/mol. The zero-order valence-electron chi connectivity index (χ0n) is 17.5. The second kappa shape index (κ2) is 8.20. The predicted molar refractivity (Wildman–Crippen MR) is 105 cm³/mol. The number of carbonyl (C=O) groups excluding carboxylic acids is 3. The lowest BCUT2D eigenvalue weighted by Crippen LogP contribution is -2.44. The number of nitrogens with one attached hydrogen (secondary N) is 2. The van der Waals surface area contributed by atoms with Gasteiger partial charge in [0.15, 0.2) is 0 Å². The average Bonchev–Trinajstić information content (AvgIpc) is 3.10. The summed E-state index contributed by atoms with van der Waals surface area (Å²) < 4.78 is 2.64. The smallest absolute Gasteiger partial charge is 0.328 e. The summed E-state index contributed by atoms with van der Waals surface area (Å²) in [5.41, 5.74) is -0.267. The fraction of sp³-hybridized carbons (Fsp3) is 0.684. The third-order valence-corrected chi connectivity index (χ3v) is 5.06. The zero-order chi connectivity index (χ0) is 21.2. The minimum atomic E-state index is -0.345. The Labute approximate surface area is 165 Å². The van der Waals surface area contributed by atoms with Crippen LogP contribution >= 0.6 is 0 Å². The maximum Gasteiger partial charge on any atom is 0.328 e. The van der Waals surface area contributed by atoms with Crippen molar-refractivity contribution < 1.29 is 14.4 Å². The van der Waals surface area contributed by atoms with Crippen LogP contribution in [0, 0.1) is 5.92 Å². The molecule has 2 rings (SSSR count).